The standard InChI is InChI=1S/C36H45ClN4O4Si/c1-43-36(42)31-13-12-27(39-16-18-40(19-17-39)33-11-6-5-8-29-30(33)9-7-10-32(29)37)23-34(31)45-28-22-26-14-15-41(35(26)38-24-28)25-44-20-21-46(2,3)4/h7,9-10,12-15,22-24,33H,5-6,8,11,16-21,25H2,1-4H3/t33-/m0/s1. The van der Waals surface area contributed by atoms with E-state index in [9.17, 15) is 4.79 Å². The zero-order chi connectivity index (χ0) is 32.3. The summed E-state index contributed by atoms with van der Waals surface area (Å²) in [7, 11) is 0.246. The molecule has 3 heterocycles. The second-order valence-corrected chi connectivity index (χ2v) is 19.6. The molecule has 0 amide bonds. The fourth-order valence-corrected chi connectivity index (χ4v) is 7.61. The van der Waals surface area contributed by atoms with E-state index in [0.717, 1.165) is 73.4 Å². The fraction of sp³-hybridized carbons (Fsp3) is 0.444. The SMILES string of the molecule is COC(=O)c1ccc(N2CCN([C@H]3CCCCc4c(Cl)cccc43)CC2)cc1Oc1cnc2c(ccn2COCC[Si](C)(C)C)c1. The number of ether oxygens (including phenoxy) is 3. The molecule has 8 nitrogen and oxygen atoms in total. The van der Waals surface area contributed by atoms with Gasteiger partial charge in [0.1, 0.15) is 29.4 Å². The molecule has 2 aromatic heterocycles. The third-order valence-electron chi connectivity index (χ3n) is 9.19. The Balaban J connectivity index is 1.16. The van der Waals surface area contributed by atoms with Gasteiger partial charge in [-0.1, -0.05) is 49.8 Å². The van der Waals surface area contributed by atoms with E-state index in [4.69, 9.17) is 25.8 Å². The van der Waals surface area contributed by atoms with Crippen LogP contribution in [0.5, 0.6) is 11.5 Å². The molecular weight excluding hydrogens is 616 g/mol. The zero-order valence-electron chi connectivity index (χ0n) is 27.4. The minimum atomic E-state index is -1.14. The van der Waals surface area contributed by atoms with E-state index in [1.54, 1.807) is 12.3 Å². The lowest BCUT2D eigenvalue weighted by atomic mass is 9.97. The van der Waals surface area contributed by atoms with Crippen LogP contribution in [0.3, 0.4) is 0 Å². The summed E-state index contributed by atoms with van der Waals surface area (Å²) in [5.74, 6) is 0.574. The normalized spacial score (nSPS) is 17.5. The molecule has 1 aliphatic heterocycles. The minimum Gasteiger partial charge on any atom is -0.465 e. The fourth-order valence-electron chi connectivity index (χ4n) is 6.57. The predicted molar refractivity (Wildman–Crippen MR) is 187 cm³/mol. The molecule has 2 aliphatic rings. The lowest BCUT2D eigenvalue weighted by Crippen LogP contribution is -2.47. The van der Waals surface area contributed by atoms with E-state index < -0.39 is 14.0 Å². The molecule has 1 aliphatic carbocycles. The number of aromatic nitrogens is 2. The van der Waals surface area contributed by atoms with Gasteiger partial charge in [0.15, 0.2) is 0 Å². The highest BCUT2D eigenvalue weighted by atomic mass is 35.5. The first kappa shape index (κ1) is 32.6. The van der Waals surface area contributed by atoms with Crippen LogP contribution in [0.25, 0.3) is 11.0 Å². The Bertz CT molecular complexity index is 1680. The number of benzene rings is 2. The van der Waals surface area contributed by atoms with Crippen molar-refractivity contribution < 1.29 is 19.0 Å². The third kappa shape index (κ3) is 7.44. The molecule has 0 radical (unpaired) electrons. The van der Waals surface area contributed by atoms with Gasteiger partial charge in [0.05, 0.1) is 13.3 Å². The molecule has 0 unspecified atom stereocenters. The van der Waals surface area contributed by atoms with Crippen LogP contribution in [0.4, 0.5) is 5.69 Å². The first-order chi connectivity index (χ1) is 22.2. The van der Waals surface area contributed by atoms with Crippen LogP contribution in [-0.4, -0.2) is 68.4 Å². The highest BCUT2D eigenvalue weighted by Gasteiger charge is 2.29. The van der Waals surface area contributed by atoms with Gasteiger partial charge in [-0.25, -0.2) is 9.78 Å². The molecule has 0 N–H and O–H groups in total. The summed E-state index contributed by atoms with van der Waals surface area (Å²) < 4.78 is 19.4. The molecule has 1 atom stereocenters. The van der Waals surface area contributed by atoms with Gasteiger partial charge in [0.2, 0.25) is 0 Å². The van der Waals surface area contributed by atoms with Crippen molar-refractivity contribution in [2.45, 2.75) is 64.1 Å². The van der Waals surface area contributed by atoms with Crippen LogP contribution in [0.2, 0.25) is 30.7 Å². The van der Waals surface area contributed by atoms with Gasteiger partial charge in [-0.05, 0) is 66.8 Å². The van der Waals surface area contributed by atoms with Crippen LogP contribution in [0.15, 0.2) is 60.9 Å². The molecule has 10 heteroatoms. The summed E-state index contributed by atoms with van der Waals surface area (Å²) in [5, 5.41) is 1.84. The number of methoxy groups -OCH3 is 1. The maximum Gasteiger partial charge on any atom is 0.341 e. The van der Waals surface area contributed by atoms with Crippen molar-refractivity contribution in [3.05, 3.63) is 82.6 Å². The number of hydrogen-bond donors (Lipinski definition) is 0. The Morgan fingerprint density at radius 2 is 1.87 bits per heavy atom. The van der Waals surface area contributed by atoms with Crippen molar-refractivity contribution in [1.29, 1.82) is 0 Å². The van der Waals surface area contributed by atoms with Crippen molar-refractivity contribution in [1.82, 2.24) is 14.5 Å². The van der Waals surface area contributed by atoms with Gasteiger partial charge in [0, 0.05) is 75.3 Å². The summed E-state index contributed by atoms with van der Waals surface area (Å²) >= 11 is 6.63. The second-order valence-electron chi connectivity index (χ2n) is 13.6. The average molecular weight is 661 g/mol. The first-order valence-corrected chi connectivity index (χ1v) is 20.5. The summed E-state index contributed by atoms with van der Waals surface area (Å²) in [6.45, 7) is 11.9. The van der Waals surface area contributed by atoms with E-state index in [1.165, 1.54) is 31.1 Å². The largest absolute Gasteiger partial charge is 0.465 e. The summed E-state index contributed by atoms with van der Waals surface area (Å²) in [6, 6.07) is 17.6. The molecule has 2 aromatic carbocycles. The molecule has 244 valence electrons. The molecule has 0 spiro atoms. The average Bonchev–Trinajstić information content (AvgIpc) is 3.31. The van der Waals surface area contributed by atoms with Crippen LogP contribution in [0.1, 0.15) is 46.8 Å². The number of rotatable bonds is 10. The molecule has 4 aromatic rings. The van der Waals surface area contributed by atoms with Crippen molar-refractivity contribution in [2.24, 2.45) is 0 Å². The van der Waals surface area contributed by atoms with E-state index in [2.05, 4.69) is 46.6 Å². The maximum atomic E-state index is 12.7. The van der Waals surface area contributed by atoms with Crippen LogP contribution < -0.4 is 9.64 Å². The van der Waals surface area contributed by atoms with Gasteiger partial charge in [-0.15, -0.1) is 0 Å². The monoisotopic (exact) mass is 660 g/mol. The van der Waals surface area contributed by atoms with E-state index in [-0.39, 0.29) is 0 Å². The van der Waals surface area contributed by atoms with Crippen molar-refractivity contribution in [2.75, 3.05) is 44.8 Å². The minimum absolute atomic E-state index is 0.380. The van der Waals surface area contributed by atoms with Crippen molar-refractivity contribution in [3.8, 4) is 11.5 Å². The van der Waals surface area contributed by atoms with Gasteiger partial charge in [0.25, 0.3) is 0 Å². The highest BCUT2D eigenvalue weighted by molar-refractivity contribution is 6.76. The summed E-state index contributed by atoms with van der Waals surface area (Å²) in [6.07, 6.45) is 8.30. The molecule has 0 saturated carbocycles. The van der Waals surface area contributed by atoms with E-state index in [1.807, 2.05) is 41.1 Å². The van der Waals surface area contributed by atoms with Gasteiger partial charge in [-0.3, -0.25) is 4.90 Å². The van der Waals surface area contributed by atoms with Crippen LogP contribution in [0, 0.1) is 0 Å². The molecule has 0 bridgehead atoms. The molecule has 1 fully saturated rings. The van der Waals surface area contributed by atoms with Crippen molar-refractivity contribution >= 4 is 42.4 Å². The molecular formula is C36H45ClN4O4Si. The number of fused-ring (bicyclic) bond motifs is 2. The van der Waals surface area contributed by atoms with Crippen molar-refractivity contribution in [3.63, 3.8) is 0 Å². The van der Waals surface area contributed by atoms with Gasteiger partial charge in [-0.2, -0.15) is 0 Å². The number of pyridine rings is 1. The number of hydrogen-bond acceptors (Lipinski definition) is 7. The Kier molecular flexibility index (Phi) is 10.0. The molecule has 46 heavy (non-hydrogen) atoms. The van der Waals surface area contributed by atoms with Crippen LogP contribution >= 0.6 is 11.6 Å². The smallest absolute Gasteiger partial charge is 0.341 e. The second kappa shape index (κ2) is 14.2. The van der Waals surface area contributed by atoms with E-state index >= 15 is 0 Å². The number of anilines is 1. The van der Waals surface area contributed by atoms with Gasteiger partial charge < -0.3 is 23.7 Å². The highest BCUT2D eigenvalue weighted by Crippen LogP contribution is 2.38. The summed E-state index contributed by atoms with van der Waals surface area (Å²) in [5.41, 5.74) is 4.95. The molecule has 6 rings (SSSR count). The number of carbonyl (C=O) groups is 1. The number of piperazine rings is 1. The number of carbonyl (C=O) groups excluding carboxylic acids is 1. The Hall–Kier alpha value is -3.37. The zero-order valence-corrected chi connectivity index (χ0v) is 29.2. The summed E-state index contributed by atoms with van der Waals surface area (Å²) in [4.78, 5) is 22.4. The quantitative estimate of drug-likeness (QED) is 0.0736. The Morgan fingerprint density at radius 1 is 1.04 bits per heavy atom. The number of halogens is 1. The lowest BCUT2D eigenvalue weighted by Gasteiger charge is -2.40. The predicted octanol–water partition coefficient (Wildman–Crippen LogP) is 8.17. The third-order valence-corrected chi connectivity index (χ3v) is 11.2. The van der Waals surface area contributed by atoms with E-state index in [0.29, 0.717) is 29.8 Å². The van der Waals surface area contributed by atoms with Gasteiger partial charge >= 0.3 is 5.97 Å². The topological polar surface area (TPSA) is 69.1 Å². The Morgan fingerprint density at radius 3 is 2.65 bits per heavy atom. The molecule has 1 saturated heterocycles. The first-order valence-electron chi connectivity index (χ1n) is 16.4. The number of esters is 1. The Labute approximate surface area is 278 Å². The maximum absolute atomic E-state index is 12.7. The number of nitrogens with zero attached hydrogens (tertiary/aromatic N) is 4. The van der Waals surface area contributed by atoms with Crippen LogP contribution in [-0.2, 0) is 22.6 Å². The lowest BCUT2D eigenvalue weighted by molar-refractivity contribution is 0.0598.